The van der Waals surface area contributed by atoms with Gasteiger partial charge in [-0.15, -0.1) is 0 Å². The molecule has 0 amide bonds. The van der Waals surface area contributed by atoms with Crippen LogP contribution < -0.4 is 12.4 Å². The summed E-state index contributed by atoms with van der Waals surface area (Å²) in [6, 6.07) is 0. The van der Waals surface area contributed by atoms with Crippen molar-refractivity contribution in [1.29, 1.82) is 0 Å². The largest absolute Gasteiger partial charge is 2.00 e. The van der Waals surface area contributed by atoms with Gasteiger partial charge < -0.3 is 27.3 Å². The van der Waals surface area contributed by atoms with Crippen LogP contribution in [-0.4, -0.2) is 0 Å². The number of allylic oxidation sites excluding steroid dienone is 4. The molecule has 0 saturated carbocycles. The third-order valence-corrected chi connectivity index (χ3v) is 1.68. The van der Waals surface area contributed by atoms with Gasteiger partial charge in [-0.1, -0.05) is 22.8 Å². The third-order valence-electron chi connectivity index (χ3n) is 1.68. The molecular weight excluding hydrogens is 203 g/mol. The van der Waals surface area contributed by atoms with Crippen LogP contribution in [0.1, 0.15) is 27.2 Å². The van der Waals surface area contributed by atoms with Gasteiger partial charge in [0.15, 0.2) is 0 Å². The van der Waals surface area contributed by atoms with E-state index < -0.39 is 0 Å². The van der Waals surface area contributed by atoms with E-state index in [-0.39, 0.29) is 49.0 Å². The molecule has 12 heavy (non-hydrogen) atoms. The zero-order valence-corrected chi connectivity index (χ0v) is 11.0. The van der Waals surface area contributed by atoms with Gasteiger partial charge in [-0.3, -0.25) is 0 Å². The fraction of sp³-hybridized carbons (Fsp3) is 0.400. The molecule has 0 bridgehead atoms. The maximum atomic E-state index is 2.26. The van der Waals surface area contributed by atoms with Crippen LogP contribution in [0.2, 0.25) is 0 Å². The topological polar surface area (TPSA) is 0 Å². The molecule has 0 spiro atoms. The van der Waals surface area contributed by atoms with Crippen LogP contribution in [0.15, 0.2) is 22.8 Å². The third kappa shape index (κ3) is 6.05. The Balaban J connectivity index is -0.0000000800. The molecule has 0 fully saturated rings. The van der Waals surface area contributed by atoms with Gasteiger partial charge in [0.25, 0.3) is 0 Å². The standard InChI is InChI=1S/C8H12.2CH3.ClH.Ti/c1-6-4-7(2)8(3)5-6;;;;/h4H,5H2,1-3H3;2*1H3;1H;/q;2*-1;;+2/p-1. The molecule has 0 saturated heterocycles. The van der Waals surface area contributed by atoms with Crippen LogP contribution in [0.4, 0.5) is 0 Å². The van der Waals surface area contributed by atoms with Gasteiger partial charge in [0.2, 0.25) is 0 Å². The van der Waals surface area contributed by atoms with E-state index in [4.69, 9.17) is 0 Å². The molecule has 0 atom stereocenters. The Hall–Kier alpha value is 0.484. The Morgan fingerprint density at radius 1 is 1.08 bits per heavy atom. The fourth-order valence-electron chi connectivity index (χ4n) is 1.10. The van der Waals surface area contributed by atoms with Gasteiger partial charge in [0, 0.05) is 0 Å². The predicted octanol–water partition coefficient (Wildman–Crippen LogP) is 0.575. The molecule has 1 aliphatic rings. The van der Waals surface area contributed by atoms with Crippen molar-refractivity contribution in [2.24, 2.45) is 0 Å². The fourth-order valence-corrected chi connectivity index (χ4v) is 1.10. The second-order valence-electron chi connectivity index (χ2n) is 2.63. The van der Waals surface area contributed by atoms with Crippen LogP contribution in [0, 0.1) is 14.9 Å². The minimum atomic E-state index is 0. The van der Waals surface area contributed by atoms with E-state index in [1.54, 1.807) is 0 Å². The average Bonchev–Trinajstić information content (AvgIpc) is 1.85. The van der Waals surface area contributed by atoms with Crippen molar-refractivity contribution < 1.29 is 34.1 Å². The minimum Gasteiger partial charge on any atom is -1.00 e. The van der Waals surface area contributed by atoms with Crippen molar-refractivity contribution in [2.75, 3.05) is 0 Å². The van der Waals surface area contributed by atoms with Crippen molar-refractivity contribution in [1.82, 2.24) is 0 Å². The van der Waals surface area contributed by atoms with Crippen molar-refractivity contribution >= 4 is 0 Å². The molecule has 0 heterocycles. The maximum Gasteiger partial charge on any atom is 2.00 e. The molecule has 2 heteroatoms. The first-order valence-electron chi connectivity index (χ1n) is 3.03. The van der Waals surface area contributed by atoms with Gasteiger partial charge in [-0.05, 0) is 27.2 Å². The predicted molar refractivity (Wildman–Crippen MR) is 49.6 cm³/mol. The summed E-state index contributed by atoms with van der Waals surface area (Å²) >= 11 is 0. The smallest absolute Gasteiger partial charge is 1.00 e. The van der Waals surface area contributed by atoms with Gasteiger partial charge >= 0.3 is 21.7 Å². The Kier molecular flexibility index (Phi) is 18.2. The summed E-state index contributed by atoms with van der Waals surface area (Å²) in [5.41, 5.74) is 4.49. The molecule has 1 aliphatic carbocycles. The second kappa shape index (κ2) is 9.57. The normalized spacial score (nSPS) is 13.1. The summed E-state index contributed by atoms with van der Waals surface area (Å²) in [5, 5.41) is 0. The summed E-state index contributed by atoms with van der Waals surface area (Å²) in [7, 11) is 0. The maximum absolute atomic E-state index is 2.26. The first kappa shape index (κ1) is 22.9. The Morgan fingerprint density at radius 3 is 1.58 bits per heavy atom. The monoisotopic (exact) mass is 221 g/mol. The number of hydrogen-bond donors (Lipinski definition) is 0. The van der Waals surface area contributed by atoms with Crippen molar-refractivity contribution in [3.8, 4) is 0 Å². The first-order valence-corrected chi connectivity index (χ1v) is 3.03. The number of halogens is 1. The quantitative estimate of drug-likeness (QED) is 0.415. The van der Waals surface area contributed by atoms with E-state index in [9.17, 15) is 0 Å². The van der Waals surface area contributed by atoms with Crippen LogP contribution in [0.25, 0.3) is 0 Å². The SMILES string of the molecule is CC1=CC(C)=C(C)C1.[CH3-].[CH3-].[Cl-].[Ti+2]. The molecule has 70 valence electrons. The van der Waals surface area contributed by atoms with E-state index in [1.807, 2.05) is 0 Å². The molecule has 0 N–H and O–H groups in total. The zero-order chi connectivity index (χ0) is 6.15. The Morgan fingerprint density at radius 2 is 1.50 bits per heavy atom. The van der Waals surface area contributed by atoms with Crippen molar-refractivity contribution in [2.45, 2.75) is 27.2 Å². The molecular formula is C10H18ClTi-. The van der Waals surface area contributed by atoms with Gasteiger partial charge in [0.1, 0.15) is 0 Å². The Bertz CT molecular complexity index is 169. The Labute approximate surface area is 98.8 Å². The summed E-state index contributed by atoms with van der Waals surface area (Å²) < 4.78 is 0. The van der Waals surface area contributed by atoms with E-state index in [0.29, 0.717) is 0 Å². The van der Waals surface area contributed by atoms with Gasteiger partial charge in [0.05, 0.1) is 0 Å². The minimum absolute atomic E-state index is 0. The second-order valence-corrected chi connectivity index (χ2v) is 2.63. The van der Waals surface area contributed by atoms with E-state index in [2.05, 4.69) is 26.8 Å². The van der Waals surface area contributed by atoms with Crippen molar-refractivity contribution in [3.63, 3.8) is 0 Å². The number of hydrogen-bond acceptors (Lipinski definition) is 0. The zero-order valence-electron chi connectivity index (χ0n) is 8.66. The summed E-state index contributed by atoms with van der Waals surface area (Å²) in [5.74, 6) is 0. The molecule has 0 aromatic heterocycles. The molecule has 0 radical (unpaired) electrons. The molecule has 0 nitrogen and oxygen atoms in total. The average molecular weight is 222 g/mol. The summed E-state index contributed by atoms with van der Waals surface area (Å²) in [6.07, 6.45) is 3.46. The molecule has 0 aromatic rings. The van der Waals surface area contributed by atoms with Crippen LogP contribution in [0.3, 0.4) is 0 Å². The van der Waals surface area contributed by atoms with E-state index in [0.717, 1.165) is 0 Å². The summed E-state index contributed by atoms with van der Waals surface area (Å²) in [6.45, 7) is 6.55. The molecule has 0 aliphatic heterocycles. The van der Waals surface area contributed by atoms with E-state index >= 15 is 0 Å². The van der Waals surface area contributed by atoms with Crippen LogP contribution in [-0.2, 0) is 21.7 Å². The first-order chi connectivity index (χ1) is 3.70. The number of rotatable bonds is 0. The summed E-state index contributed by atoms with van der Waals surface area (Å²) in [4.78, 5) is 0. The molecule has 1 rings (SSSR count). The van der Waals surface area contributed by atoms with Crippen molar-refractivity contribution in [3.05, 3.63) is 37.6 Å². The van der Waals surface area contributed by atoms with Gasteiger partial charge in [-0.25, -0.2) is 0 Å². The van der Waals surface area contributed by atoms with Crippen LogP contribution >= 0.6 is 0 Å². The molecule has 0 aromatic carbocycles. The van der Waals surface area contributed by atoms with Gasteiger partial charge in [-0.2, -0.15) is 0 Å². The molecule has 0 unspecified atom stereocenters. The van der Waals surface area contributed by atoms with E-state index in [1.165, 1.54) is 23.1 Å². The van der Waals surface area contributed by atoms with Crippen LogP contribution in [0.5, 0.6) is 0 Å².